The SMILES string of the molecule is CCCN1C(=O)C2CC=C3C(CC4C(=O)N(Nc5ccc(Cl)cc5Cl)C(=O)C4(c4ccc(OC)cc4)C3c3cc(I)c(O)c(OC)c3)C2C1=O. The normalized spacial score (nSPS) is 27.2. The number of amides is 4. The smallest absolute Gasteiger partial charge is 0.260 e. The van der Waals surface area contributed by atoms with Gasteiger partial charge in [-0.1, -0.05) is 53.9 Å². The third-order valence-corrected chi connectivity index (χ3v) is 12.1. The summed E-state index contributed by atoms with van der Waals surface area (Å²) in [4.78, 5) is 59.2. The number of allylic oxidation sites excluding steroid dienone is 2. The minimum atomic E-state index is -1.52. The van der Waals surface area contributed by atoms with Crippen molar-refractivity contribution in [2.75, 3.05) is 26.2 Å². The molecule has 0 bridgehead atoms. The minimum absolute atomic E-state index is 0.0572. The molecule has 3 aromatic rings. The largest absolute Gasteiger partial charge is 0.504 e. The highest BCUT2D eigenvalue weighted by molar-refractivity contribution is 14.1. The quantitative estimate of drug-likeness (QED) is 0.146. The fourth-order valence-corrected chi connectivity index (χ4v) is 9.72. The molecule has 2 saturated heterocycles. The second kappa shape index (κ2) is 13.1. The number of hydrogen-bond donors (Lipinski definition) is 2. The predicted molar refractivity (Wildman–Crippen MR) is 195 cm³/mol. The monoisotopic (exact) mass is 829 g/mol. The Labute approximate surface area is 312 Å². The molecule has 260 valence electrons. The topological polar surface area (TPSA) is 125 Å². The molecule has 4 amide bonds. The molecule has 3 aromatic carbocycles. The van der Waals surface area contributed by atoms with Crippen molar-refractivity contribution < 1.29 is 33.8 Å². The number of anilines is 1. The van der Waals surface area contributed by atoms with Crippen LogP contribution in [0, 0.1) is 27.2 Å². The number of ether oxygens (including phenoxy) is 2. The molecule has 0 radical (unpaired) electrons. The predicted octanol–water partition coefficient (Wildman–Crippen LogP) is 6.72. The van der Waals surface area contributed by atoms with Gasteiger partial charge in [-0.15, -0.1) is 0 Å². The molecule has 1 saturated carbocycles. The van der Waals surface area contributed by atoms with Gasteiger partial charge in [-0.25, -0.2) is 0 Å². The van der Waals surface area contributed by atoms with Crippen LogP contribution in [-0.2, 0) is 24.6 Å². The Morgan fingerprint density at radius 3 is 2.36 bits per heavy atom. The van der Waals surface area contributed by atoms with Crippen molar-refractivity contribution in [1.29, 1.82) is 0 Å². The zero-order valence-electron chi connectivity index (χ0n) is 27.4. The van der Waals surface area contributed by atoms with E-state index in [0.29, 0.717) is 50.5 Å². The Balaban J connectivity index is 1.49. The van der Waals surface area contributed by atoms with E-state index in [1.807, 2.05) is 35.6 Å². The van der Waals surface area contributed by atoms with Crippen LogP contribution < -0.4 is 14.9 Å². The molecule has 7 rings (SSSR count). The lowest BCUT2D eigenvalue weighted by molar-refractivity contribution is -0.141. The summed E-state index contributed by atoms with van der Waals surface area (Å²) in [5.41, 5.74) is 3.77. The van der Waals surface area contributed by atoms with Crippen molar-refractivity contribution in [1.82, 2.24) is 9.91 Å². The summed E-state index contributed by atoms with van der Waals surface area (Å²) in [6, 6.07) is 15.3. The molecular weight excluding hydrogens is 796 g/mol. The highest BCUT2D eigenvalue weighted by Gasteiger charge is 2.70. The van der Waals surface area contributed by atoms with Crippen LogP contribution in [0.3, 0.4) is 0 Å². The number of carbonyl (C=O) groups is 4. The molecule has 13 heteroatoms. The van der Waals surface area contributed by atoms with Gasteiger partial charge in [-0.3, -0.25) is 29.5 Å². The number of methoxy groups -OCH3 is 2. The second-order valence-electron chi connectivity index (χ2n) is 13.1. The number of hydrogen-bond acceptors (Lipinski definition) is 8. The third-order valence-electron chi connectivity index (χ3n) is 10.7. The Hall–Kier alpha value is -3.81. The summed E-state index contributed by atoms with van der Waals surface area (Å²) >= 11 is 14.7. The summed E-state index contributed by atoms with van der Waals surface area (Å²) in [5, 5.41) is 12.5. The maximum Gasteiger partial charge on any atom is 0.260 e. The van der Waals surface area contributed by atoms with Crippen LogP contribution in [0.1, 0.15) is 43.2 Å². The molecule has 2 heterocycles. The van der Waals surface area contributed by atoms with Gasteiger partial charge in [-0.2, -0.15) is 5.01 Å². The zero-order valence-corrected chi connectivity index (χ0v) is 31.1. The number of hydrazine groups is 1. The Bertz CT molecular complexity index is 1970. The molecule has 2 N–H and O–H groups in total. The number of likely N-dealkylation sites (tertiary alicyclic amines) is 1. The summed E-state index contributed by atoms with van der Waals surface area (Å²) in [7, 11) is 2.99. The average Bonchev–Trinajstić information content (AvgIpc) is 3.47. The number of imide groups is 2. The molecule has 6 atom stereocenters. The highest BCUT2D eigenvalue weighted by Crippen LogP contribution is 2.64. The van der Waals surface area contributed by atoms with E-state index >= 15 is 4.79 Å². The van der Waals surface area contributed by atoms with E-state index in [1.54, 1.807) is 55.6 Å². The van der Waals surface area contributed by atoms with Gasteiger partial charge in [0.25, 0.3) is 11.8 Å². The molecule has 3 fully saturated rings. The number of halogens is 3. The number of nitrogens with one attached hydrogen (secondary N) is 1. The number of fused-ring (bicyclic) bond motifs is 4. The van der Waals surface area contributed by atoms with Crippen molar-refractivity contribution in [3.05, 3.63) is 91.0 Å². The number of phenols is 1. The van der Waals surface area contributed by atoms with Crippen molar-refractivity contribution in [2.45, 2.75) is 37.5 Å². The van der Waals surface area contributed by atoms with Gasteiger partial charge < -0.3 is 14.6 Å². The molecule has 2 aliphatic heterocycles. The first-order valence-corrected chi connectivity index (χ1v) is 18.2. The molecule has 50 heavy (non-hydrogen) atoms. The van der Waals surface area contributed by atoms with Crippen LogP contribution in [-0.4, -0.2) is 59.4 Å². The van der Waals surface area contributed by atoms with E-state index in [9.17, 15) is 19.5 Å². The van der Waals surface area contributed by atoms with Crippen LogP contribution in [0.4, 0.5) is 5.69 Å². The standard InChI is InChI=1S/C37H34Cl2IN3O7/c1-4-13-42-33(45)23-11-10-22-24(30(23)35(42)47)17-25-34(46)43(41-28-12-7-20(38)16-26(28)39)36(48)37(25,19-5-8-21(49-2)9-6-19)31(22)18-14-27(40)32(44)29(15-18)50-3/h5-10,12,14-16,23-25,30-31,41,44H,4,11,13,17H2,1-3H3. The Morgan fingerprint density at radius 2 is 1.70 bits per heavy atom. The third kappa shape index (κ3) is 5.10. The van der Waals surface area contributed by atoms with Gasteiger partial charge >= 0.3 is 0 Å². The lowest BCUT2D eigenvalue weighted by Crippen LogP contribution is -2.53. The Morgan fingerprint density at radius 1 is 0.960 bits per heavy atom. The van der Waals surface area contributed by atoms with Crippen LogP contribution in [0.5, 0.6) is 17.2 Å². The number of rotatable bonds is 8. The van der Waals surface area contributed by atoms with E-state index < -0.39 is 46.8 Å². The number of aromatic hydroxyl groups is 1. The van der Waals surface area contributed by atoms with Crippen LogP contribution in [0.25, 0.3) is 0 Å². The maximum absolute atomic E-state index is 15.4. The van der Waals surface area contributed by atoms with Crippen molar-refractivity contribution in [2.24, 2.45) is 23.7 Å². The molecule has 0 aromatic heterocycles. The van der Waals surface area contributed by atoms with Crippen molar-refractivity contribution in [3.8, 4) is 17.2 Å². The van der Waals surface area contributed by atoms with Gasteiger partial charge in [0, 0.05) is 17.5 Å². The van der Waals surface area contributed by atoms with E-state index in [2.05, 4.69) is 5.43 Å². The molecular formula is C37H34Cl2IN3O7. The van der Waals surface area contributed by atoms with Crippen LogP contribution >= 0.6 is 45.8 Å². The first-order valence-electron chi connectivity index (χ1n) is 16.3. The van der Waals surface area contributed by atoms with E-state index in [-0.39, 0.29) is 34.8 Å². The van der Waals surface area contributed by atoms with Gasteiger partial charge in [0.1, 0.15) is 5.75 Å². The fourth-order valence-electron chi connectivity index (χ4n) is 8.64. The van der Waals surface area contributed by atoms with E-state index in [4.69, 9.17) is 32.7 Å². The molecule has 0 spiro atoms. The van der Waals surface area contributed by atoms with Gasteiger partial charge in [-0.05, 0) is 101 Å². The van der Waals surface area contributed by atoms with E-state index in [0.717, 1.165) is 10.6 Å². The summed E-state index contributed by atoms with van der Waals surface area (Å²) in [6.07, 6.45) is 3.09. The summed E-state index contributed by atoms with van der Waals surface area (Å²) < 4.78 is 11.5. The number of benzene rings is 3. The van der Waals surface area contributed by atoms with Gasteiger partial charge in [0.15, 0.2) is 11.5 Å². The highest BCUT2D eigenvalue weighted by atomic mass is 127. The summed E-state index contributed by atoms with van der Waals surface area (Å²) in [6.45, 7) is 2.24. The fraction of sp³-hybridized carbons (Fsp3) is 0.351. The number of carbonyl (C=O) groups excluding carboxylic acids is 4. The molecule has 6 unspecified atom stereocenters. The summed E-state index contributed by atoms with van der Waals surface area (Å²) in [5.74, 6) is -4.25. The maximum atomic E-state index is 15.4. The second-order valence-corrected chi connectivity index (χ2v) is 15.1. The van der Waals surface area contributed by atoms with Crippen molar-refractivity contribution in [3.63, 3.8) is 0 Å². The zero-order chi connectivity index (χ0) is 35.6. The van der Waals surface area contributed by atoms with E-state index in [1.165, 1.54) is 18.1 Å². The van der Waals surface area contributed by atoms with Crippen molar-refractivity contribution >= 4 is 75.1 Å². The number of phenolic OH excluding ortho intramolecular Hbond substituents is 1. The molecule has 10 nitrogen and oxygen atoms in total. The lowest BCUT2D eigenvalue weighted by atomic mass is 9.49. The lowest BCUT2D eigenvalue weighted by Gasteiger charge is -2.50. The van der Waals surface area contributed by atoms with Gasteiger partial charge in [0.2, 0.25) is 11.8 Å². The molecule has 4 aliphatic rings. The first-order chi connectivity index (χ1) is 24.0. The Kier molecular flexibility index (Phi) is 9.05. The minimum Gasteiger partial charge on any atom is -0.504 e. The van der Waals surface area contributed by atoms with Crippen LogP contribution in [0.15, 0.2) is 66.2 Å². The number of nitrogens with zero attached hydrogens (tertiary/aromatic N) is 2. The van der Waals surface area contributed by atoms with Gasteiger partial charge in [0.05, 0.1) is 51.7 Å². The van der Waals surface area contributed by atoms with Crippen LogP contribution in [0.2, 0.25) is 10.0 Å². The average molecular weight is 831 g/mol. The first kappa shape index (κ1) is 34.6. The molecule has 2 aliphatic carbocycles.